The van der Waals surface area contributed by atoms with Crippen LogP contribution in [0.15, 0.2) is 4.99 Å². The minimum absolute atomic E-state index is 0.751. The first-order chi connectivity index (χ1) is 6.72. The van der Waals surface area contributed by atoms with Gasteiger partial charge in [-0.1, -0.05) is 6.92 Å². The van der Waals surface area contributed by atoms with Crippen molar-refractivity contribution in [2.75, 3.05) is 5.43 Å². The Morgan fingerprint density at radius 1 is 1.43 bits per heavy atom. The van der Waals surface area contributed by atoms with Crippen LogP contribution in [0.25, 0.3) is 0 Å². The second-order valence-electron chi connectivity index (χ2n) is 3.66. The Bertz CT molecular complexity index is 376. The highest BCUT2D eigenvalue weighted by Crippen LogP contribution is 2.15. The molecule has 4 heteroatoms. The molecule has 1 aromatic rings. The van der Waals surface area contributed by atoms with Gasteiger partial charge in [-0.15, -0.1) is 0 Å². The Morgan fingerprint density at radius 2 is 2.21 bits per heavy atom. The summed E-state index contributed by atoms with van der Waals surface area (Å²) in [5, 5.41) is 0. The van der Waals surface area contributed by atoms with Crippen LogP contribution in [0.5, 0.6) is 0 Å². The lowest BCUT2D eigenvalue weighted by molar-refractivity contribution is 0.737. The van der Waals surface area contributed by atoms with E-state index < -0.39 is 0 Å². The minimum atomic E-state index is 0.751. The number of aryl methyl sites for hydroxylation is 2. The first-order valence-electron chi connectivity index (χ1n) is 5.07. The molecule has 0 aliphatic carbocycles. The quantitative estimate of drug-likeness (QED) is 0.773. The highest BCUT2D eigenvalue weighted by atomic mass is 15.5. The molecule has 1 aliphatic heterocycles. The van der Waals surface area contributed by atoms with Crippen LogP contribution in [0, 0.1) is 6.92 Å². The van der Waals surface area contributed by atoms with Gasteiger partial charge in [0.15, 0.2) is 0 Å². The molecule has 0 amide bonds. The SMILES string of the molecule is CCCc1nc(C)c2n1NC(C)=NC2. The molecule has 4 nitrogen and oxygen atoms in total. The highest BCUT2D eigenvalue weighted by Gasteiger charge is 2.16. The van der Waals surface area contributed by atoms with Gasteiger partial charge in [-0.3, -0.25) is 10.4 Å². The van der Waals surface area contributed by atoms with Gasteiger partial charge in [0.25, 0.3) is 0 Å². The molecule has 0 unspecified atom stereocenters. The van der Waals surface area contributed by atoms with Crippen molar-refractivity contribution in [3.63, 3.8) is 0 Å². The maximum Gasteiger partial charge on any atom is 0.128 e. The molecule has 14 heavy (non-hydrogen) atoms. The number of nitrogens with zero attached hydrogens (tertiary/aromatic N) is 3. The van der Waals surface area contributed by atoms with Gasteiger partial charge in [-0.05, 0) is 20.3 Å². The fourth-order valence-electron chi connectivity index (χ4n) is 1.72. The molecule has 0 bridgehead atoms. The molecular formula is C10H16N4. The van der Waals surface area contributed by atoms with Crippen molar-refractivity contribution >= 4 is 5.84 Å². The van der Waals surface area contributed by atoms with Gasteiger partial charge >= 0.3 is 0 Å². The fourth-order valence-corrected chi connectivity index (χ4v) is 1.72. The average molecular weight is 192 g/mol. The molecule has 0 fully saturated rings. The van der Waals surface area contributed by atoms with Crippen molar-refractivity contribution in [3.05, 3.63) is 17.2 Å². The largest absolute Gasteiger partial charge is 0.280 e. The summed E-state index contributed by atoms with van der Waals surface area (Å²) in [6.45, 7) is 6.94. The molecule has 2 heterocycles. The maximum atomic E-state index is 4.54. The summed E-state index contributed by atoms with van der Waals surface area (Å²) in [4.78, 5) is 8.89. The number of rotatable bonds is 2. The standard InChI is InChI=1S/C10H16N4/c1-4-5-10-12-7(2)9-6-11-8(3)13-14(9)10/h4-6H2,1-3H3,(H,11,13). The predicted octanol–water partition coefficient (Wildman–Crippen LogP) is 1.62. The predicted molar refractivity (Wildman–Crippen MR) is 57.1 cm³/mol. The number of imidazole rings is 1. The van der Waals surface area contributed by atoms with E-state index in [4.69, 9.17) is 0 Å². The molecule has 2 rings (SSSR count). The third kappa shape index (κ3) is 1.41. The Kier molecular flexibility index (Phi) is 2.27. The van der Waals surface area contributed by atoms with Crippen LogP contribution in [0.2, 0.25) is 0 Å². The topological polar surface area (TPSA) is 42.2 Å². The summed E-state index contributed by atoms with van der Waals surface area (Å²) in [5.41, 5.74) is 5.53. The zero-order chi connectivity index (χ0) is 10.1. The van der Waals surface area contributed by atoms with Crippen LogP contribution < -0.4 is 5.43 Å². The van der Waals surface area contributed by atoms with E-state index in [-0.39, 0.29) is 0 Å². The van der Waals surface area contributed by atoms with Crippen LogP contribution >= 0.6 is 0 Å². The van der Waals surface area contributed by atoms with Crippen LogP contribution in [0.3, 0.4) is 0 Å². The zero-order valence-corrected chi connectivity index (χ0v) is 8.96. The van der Waals surface area contributed by atoms with E-state index in [0.717, 1.165) is 36.7 Å². The lowest BCUT2D eigenvalue weighted by Crippen LogP contribution is -2.28. The normalized spacial score (nSPS) is 14.6. The van der Waals surface area contributed by atoms with E-state index in [0.29, 0.717) is 0 Å². The maximum absolute atomic E-state index is 4.54. The van der Waals surface area contributed by atoms with E-state index in [2.05, 4.69) is 27.0 Å². The number of fused-ring (bicyclic) bond motifs is 1. The van der Waals surface area contributed by atoms with Gasteiger partial charge in [-0.2, -0.15) is 0 Å². The second kappa shape index (κ2) is 3.44. The van der Waals surface area contributed by atoms with Crippen molar-refractivity contribution in [3.8, 4) is 0 Å². The van der Waals surface area contributed by atoms with Gasteiger partial charge in [0.2, 0.25) is 0 Å². The lowest BCUT2D eigenvalue weighted by atomic mass is 10.3. The molecule has 0 saturated heterocycles. The van der Waals surface area contributed by atoms with Crippen molar-refractivity contribution in [2.45, 2.75) is 40.2 Å². The van der Waals surface area contributed by atoms with Crippen molar-refractivity contribution < 1.29 is 0 Å². The van der Waals surface area contributed by atoms with Gasteiger partial charge < -0.3 is 0 Å². The molecule has 1 aromatic heterocycles. The summed E-state index contributed by atoms with van der Waals surface area (Å²) in [6.07, 6.45) is 2.13. The monoisotopic (exact) mass is 192 g/mol. The van der Waals surface area contributed by atoms with Gasteiger partial charge in [0, 0.05) is 6.42 Å². The molecule has 0 radical (unpaired) electrons. The molecule has 0 spiro atoms. The van der Waals surface area contributed by atoms with Crippen LogP contribution in [0.1, 0.15) is 37.5 Å². The first kappa shape index (κ1) is 9.24. The molecule has 1 N–H and O–H groups in total. The Hall–Kier alpha value is -1.32. The van der Waals surface area contributed by atoms with Crippen LogP contribution in [0.4, 0.5) is 0 Å². The van der Waals surface area contributed by atoms with Crippen LogP contribution in [-0.2, 0) is 13.0 Å². The number of amidine groups is 1. The van der Waals surface area contributed by atoms with E-state index in [9.17, 15) is 0 Å². The van der Waals surface area contributed by atoms with Crippen molar-refractivity contribution in [1.29, 1.82) is 0 Å². The third-order valence-corrected chi connectivity index (χ3v) is 2.46. The number of aliphatic imine (C=N–C) groups is 1. The Balaban J connectivity index is 2.38. The Morgan fingerprint density at radius 3 is 2.93 bits per heavy atom. The molecule has 0 atom stereocenters. The summed E-state index contributed by atoms with van der Waals surface area (Å²) >= 11 is 0. The molecular weight excluding hydrogens is 176 g/mol. The minimum Gasteiger partial charge on any atom is -0.280 e. The summed E-state index contributed by atoms with van der Waals surface area (Å²) in [6, 6.07) is 0. The van der Waals surface area contributed by atoms with E-state index in [1.165, 1.54) is 5.69 Å². The van der Waals surface area contributed by atoms with Crippen LogP contribution in [-0.4, -0.2) is 15.5 Å². The lowest BCUT2D eigenvalue weighted by Gasteiger charge is -2.17. The Labute approximate surface area is 84.0 Å². The third-order valence-electron chi connectivity index (χ3n) is 2.46. The smallest absolute Gasteiger partial charge is 0.128 e. The fraction of sp³-hybridized carbons (Fsp3) is 0.600. The van der Waals surface area contributed by atoms with Gasteiger partial charge in [-0.25, -0.2) is 9.66 Å². The number of aromatic nitrogens is 2. The van der Waals surface area contributed by atoms with E-state index in [1.54, 1.807) is 0 Å². The van der Waals surface area contributed by atoms with E-state index in [1.807, 2.05) is 13.8 Å². The number of hydrogen-bond acceptors (Lipinski definition) is 3. The first-order valence-corrected chi connectivity index (χ1v) is 5.07. The molecule has 0 saturated carbocycles. The zero-order valence-electron chi connectivity index (χ0n) is 8.96. The summed E-state index contributed by atoms with van der Waals surface area (Å²) in [7, 11) is 0. The molecule has 1 aliphatic rings. The number of nitrogens with one attached hydrogen (secondary N) is 1. The average Bonchev–Trinajstić information content (AvgIpc) is 2.44. The summed E-state index contributed by atoms with van der Waals surface area (Å²) in [5.74, 6) is 2.08. The number of hydrogen-bond donors (Lipinski definition) is 1. The molecule has 0 aromatic carbocycles. The highest BCUT2D eigenvalue weighted by molar-refractivity contribution is 5.87. The van der Waals surface area contributed by atoms with Gasteiger partial charge in [0.05, 0.1) is 17.9 Å². The van der Waals surface area contributed by atoms with Crippen molar-refractivity contribution in [2.24, 2.45) is 4.99 Å². The van der Waals surface area contributed by atoms with Crippen molar-refractivity contribution in [1.82, 2.24) is 9.66 Å². The summed E-state index contributed by atoms with van der Waals surface area (Å²) < 4.78 is 2.08. The van der Waals surface area contributed by atoms with E-state index >= 15 is 0 Å². The second-order valence-corrected chi connectivity index (χ2v) is 3.66. The molecule has 76 valence electrons. The van der Waals surface area contributed by atoms with Gasteiger partial charge in [0.1, 0.15) is 11.7 Å².